The third-order valence-electron chi connectivity index (χ3n) is 1.97. The topological polar surface area (TPSA) is 108 Å². The predicted molar refractivity (Wildman–Crippen MR) is 52.5 cm³/mol. The molecule has 16 heavy (non-hydrogen) atoms. The number of non-ortho nitro benzene ring substituents is 1. The molecule has 0 aliphatic carbocycles. The molecule has 0 heterocycles. The second-order valence-corrected chi connectivity index (χ2v) is 2.89. The number of nitro benzene ring substituents is 1. The fraction of sp³-hybridized carbons (Fsp3) is 0.100. The summed E-state index contributed by atoms with van der Waals surface area (Å²) in [5.74, 6) is 0. The monoisotopic (exact) mass is 215 g/mol. The Morgan fingerprint density at radius 3 is 2.56 bits per heavy atom. The van der Waals surface area contributed by atoms with Crippen LogP contribution in [0.3, 0.4) is 0 Å². The molecule has 6 heteroatoms. The van der Waals surface area contributed by atoms with E-state index in [9.17, 15) is 14.9 Å². The Morgan fingerprint density at radius 1 is 1.44 bits per heavy atom. The van der Waals surface area contributed by atoms with Crippen molar-refractivity contribution in [1.29, 1.82) is 10.5 Å². The van der Waals surface area contributed by atoms with Crippen LogP contribution in [-0.4, -0.2) is 11.2 Å². The quantitative estimate of drug-likeness (QED) is 0.429. The van der Waals surface area contributed by atoms with E-state index in [0.717, 1.165) is 12.1 Å². The number of aldehydes is 1. The Balaban J connectivity index is 3.52. The minimum absolute atomic E-state index is 0.0367. The van der Waals surface area contributed by atoms with E-state index in [2.05, 4.69) is 0 Å². The van der Waals surface area contributed by atoms with Gasteiger partial charge in [-0.15, -0.1) is 0 Å². The number of hydrogen-bond donors (Lipinski definition) is 0. The highest BCUT2D eigenvalue weighted by molar-refractivity contribution is 5.82. The van der Waals surface area contributed by atoms with Crippen LogP contribution in [0, 0.1) is 32.8 Å². The van der Waals surface area contributed by atoms with Crippen LogP contribution in [0.4, 0.5) is 5.69 Å². The highest BCUT2D eigenvalue weighted by atomic mass is 16.6. The van der Waals surface area contributed by atoms with Gasteiger partial charge in [0.25, 0.3) is 5.69 Å². The van der Waals surface area contributed by atoms with Crippen molar-refractivity contribution in [3.8, 4) is 12.1 Å². The zero-order valence-electron chi connectivity index (χ0n) is 8.01. The average Bonchev–Trinajstić information content (AvgIpc) is 2.28. The van der Waals surface area contributed by atoms with Gasteiger partial charge in [-0.3, -0.25) is 14.9 Å². The first-order chi connectivity index (χ1) is 7.63. The van der Waals surface area contributed by atoms with Crippen molar-refractivity contribution in [1.82, 2.24) is 0 Å². The molecule has 0 radical (unpaired) electrons. The van der Waals surface area contributed by atoms with E-state index in [0.29, 0.717) is 6.29 Å². The molecule has 0 unspecified atom stereocenters. The molecule has 0 aliphatic heterocycles. The molecule has 0 amide bonds. The number of rotatable bonds is 3. The van der Waals surface area contributed by atoms with Crippen molar-refractivity contribution in [2.45, 2.75) is 6.42 Å². The number of nitrogens with zero attached hydrogens (tertiary/aromatic N) is 3. The summed E-state index contributed by atoms with van der Waals surface area (Å²) in [5, 5.41) is 27.8. The van der Waals surface area contributed by atoms with Gasteiger partial charge in [0.1, 0.15) is 6.07 Å². The normalized spacial score (nSPS) is 8.88. The standard InChI is InChI=1S/C10H5N3O3/c11-2-1-7-3-9(13(15)16)4-8(5-12)10(7)6-14/h3-4,6H,1H2. The number of carbonyl (C=O) groups is 1. The maximum atomic E-state index is 10.7. The summed E-state index contributed by atoms with van der Waals surface area (Å²) in [4.78, 5) is 20.6. The van der Waals surface area contributed by atoms with E-state index in [1.807, 2.05) is 0 Å². The summed E-state index contributed by atoms with van der Waals surface area (Å²) in [5.41, 5.74) is -0.153. The van der Waals surface area contributed by atoms with E-state index >= 15 is 0 Å². The van der Waals surface area contributed by atoms with Crippen molar-refractivity contribution < 1.29 is 9.72 Å². The summed E-state index contributed by atoms with van der Waals surface area (Å²) in [6.45, 7) is 0. The Morgan fingerprint density at radius 2 is 2.12 bits per heavy atom. The molecule has 0 saturated carbocycles. The van der Waals surface area contributed by atoms with Gasteiger partial charge in [-0.05, 0) is 5.56 Å². The van der Waals surface area contributed by atoms with Gasteiger partial charge in [0.2, 0.25) is 0 Å². The molecule has 0 N–H and O–H groups in total. The number of hydrogen-bond acceptors (Lipinski definition) is 5. The lowest BCUT2D eigenvalue weighted by Gasteiger charge is -2.02. The van der Waals surface area contributed by atoms with Gasteiger partial charge in [0, 0.05) is 17.7 Å². The van der Waals surface area contributed by atoms with Gasteiger partial charge in [0.15, 0.2) is 6.29 Å². The highest BCUT2D eigenvalue weighted by Crippen LogP contribution is 2.21. The van der Waals surface area contributed by atoms with Gasteiger partial charge in [0.05, 0.1) is 23.0 Å². The molecule has 0 bridgehead atoms. The molecule has 1 aromatic rings. The molecule has 0 spiro atoms. The number of nitro groups is 1. The molecule has 0 atom stereocenters. The van der Waals surface area contributed by atoms with Crippen LogP contribution >= 0.6 is 0 Å². The molecule has 0 aliphatic rings. The zero-order chi connectivity index (χ0) is 12.1. The lowest BCUT2D eigenvalue weighted by Crippen LogP contribution is -1.99. The molecule has 0 fully saturated rings. The Hall–Kier alpha value is -2.73. The van der Waals surface area contributed by atoms with E-state index in [-0.39, 0.29) is 28.8 Å². The van der Waals surface area contributed by atoms with Crippen LogP contribution < -0.4 is 0 Å². The van der Waals surface area contributed by atoms with E-state index in [4.69, 9.17) is 10.5 Å². The fourth-order valence-electron chi connectivity index (χ4n) is 1.27. The fourth-order valence-corrected chi connectivity index (χ4v) is 1.27. The first-order valence-corrected chi connectivity index (χ1v) is 4.17. The molecule has 0 aromatic heterocycles. The lowest BCUT2D eigenvalue weighted by atomic mass is 10.00. The van der Waals surface area contributed by atoms with Crippen LogP contribution in [0.5, 0.6) is 0 Å². The number of benzene rings is 1. The number of carbonyl (C=O) groups excluding carboxylic acids is 1. The third-order valence-corrected chi connectivity index (χ3v) is 1.97. The molecule has 78 valence electrons. The van der Waals surface area contributed by atoms with Crippen LogP contribution in [0.1, 0.15) is 21.5 Å². The average molecular weight is 215 g/mol. The summed E-state index contributed by atoms with van der Waals surface area (Å²) in [6, 6.07) is 5.63. The van der Waals surface area contributed by atoms with Crippen LogP contribution in [0.25, 0.3) is 0 Å². The Labute approximate surface area is 90.5 Å². The summed E-state index contributed by atoms with van der Waals surface area (Å²) >= 11 is 0. The maximum absolute atomic E-state index is 10.7. The minimum atomic E-state index is -0.670. The van der Waals surface area contributed by atoms with Gasteiger partial charge in [-0.2, -0.15) is 10.5 Å². The van der Waals surface area contributed by atoms with Crippen LogP contribution in [0.2, 0.25) is 0 Å². The first-order valence-electron chi connectivity index (χ1n) is 4.17. The second kappa shape index (κ2) is 4.67. The molecular weight excluding hydrogens is 210 g/mol. The summed E-state index contributed by atoms with van der Waals surface area (Å²) < 4.78 is 0. The maximum Gasteiger partial charge on any atom is 0.271 e. The van der Waals surface area contributed by atoms with Crippen molar-refractivity contribution in [3.63, 3.8) is 0 Å². The largest absolute Gasteiger partial charge is 0.298 e. The van der Waals surface area contributed by atoms with Crippen molar-refractivity contribution in [3.05, 3.63) is 38.9 Å². The second-order valence-electron chi connectivity index (χ2n) is 2.89. The molecular formula is C10H5N3O3. The lowest BCUT2D eigenvalue weighted by molar-refractivity contribution is -0.384. The third kappa shape index (κ3) is 2.02. The highest BCUT2D eigenvalue weighted by Gasteiger charge is 2.15. The van der Waals surface area contributed by atoms with Crippen molar-refractivity contribution >= 4 is 12.0 Å². The SMILES string of the molecule is N#CCc1cc([N+](=O)[O-])cc(C#N)c1C=O. The Bertz CT molecular complexity index is 537. The van der Waals surface area contributed by atoms with E-state index in [1.54, 1.807) is 12.1 Å². The smallest absolute Gasteiger partial charge is 0.271 e. The van der Waals surface area contributed by atoms with Gasteiger partial charge in [-0.1, -0.05) is 0 Å². The van der Waals surface area contributed by atoms with Crippen molar-refractivity contribution in [2.75, 3.05) is 0 Å². The molecule has 6 nitrogen and oxygen atoms in total. The number of nitriles is 2. The van der Waals surface area contributed by atoms with Gasteiger partial charge < -0.3 is 0 Å². The first kappa shape index (κ1) is 11.3. The van der Waals surface area contributed by atoms with Gasteiger partial charge >= 0.3 is 0 Å². The van der Waals surface area contributed by atoms with Crippen molar-refractivity contribution in [2.24, 2.45) is 0 Å². The Kier molecular flexibility index (Phi) is 3.31. The van der Waals surface area contributed by atoms with E-state index < -0.39 is 4.92 Å². The summed E-state index contributed by atoms with van der Waals surface area (Å²) in [7, 11) is 0. The minimum Gasteiger partial charge on any atom is -0.298 e. The summed E-state index contributed by atoms with van der Waals surface area (Å²) in [6.07, 6.45) is 0.277. The predicted octanol–water partition coefficient (Wildman–Crippen LogP) is 1.35. The molecule has 1 rings (SSSR count). The van der Waals surface area contributed by atoms with E-state index in [1.165, 1.54) is 0 Å². The van der Waals surface area contributed by atoms with Crippen LogP contribution in [-0.2, 0) is 6.42 Å². The zero-order valence-corrected chi connectivity index (χ0v) is 8.01. The molecule has 1 aromatic carbocycles. The molecule has 0 saturated heterocycles. The van der Waals surface area contributed by atoms with Gasteiger partial charge in [-0.25, -0.2) is 0 Å². The van der Waals surface area contributed by atoms with Crippen LogP contribution in [0.15, 0.2) is 12.1 Å².